The lowest BCUT2D eigenvalue weighted by Gasteiger charge is -2.35. The second-order valence-electron chi connectivity index (χ2n) is 10.8. The minimum Gasteiger partial charge on any atom is -0.444 e. The van der Waals surface area contributed by atoms with Crippen LogP contribution in [0.2, 0.25) is 0 Å². The van der Waals surface area contributed by atoms with E-state index < -0.39 is 23.8 Å². The highest BCUT2D eigenvalue weighted by atomic mass is 16.6. The maximum absolute atomic E-state index is 14.2. The molecule has 7 heteroatoms. The molecule has 0 aromatic heterocycles. The van der Waals surface area contributed by atoms with Crippen LogP contribution >= 0.6 is 0 Å². The minimum absolute atomic E-state index is 0.112. The Kier molecular flexibility index (Phi) is 10.7. The molecule has 0 saturated carbocycles. The lowest BCUT2D eigenvalue weighted by atomic mass is 9.94. The molecule has 3 amide bonds. The Labute approximate surface area is 227 Å². The first-order chi connectivity index (χ1) is 17.8. The van der Waals surface area contributed by atoms with Crippen molar-refractivity contribution < 1.29 is 19.1 Å². The third-order valence-corrected chi connectivity index (χ3v) is 6.57. The Morgan fingerprint density at radius 1 is 1.03 bits per heavy atom. The SMILES string of the molecule is C=CCN(C(=O)C(NC(=O)OC(C)(C)C)C(C)CC)C(C(=O)Nc1ccccc1C)c1ccc(C)c(C)c1. The van der Waals surface area contributed by atoms with Crippen LogP contribution in [0.1, 0.15) is 69.3 Å². The van der Waals surface area contributed by atoms with E-state index in [9.17, 15) is 14.4 Å². The molecule has 2 aromatic rings. The molecule has 0 spiro atoms. The number of alkyl carbamates (subject to hydrolysis) is 1. The number of rotatable bonds is 10. The van der Waals surface area contributed by atoms with Crippen molar-refractivity contribution in [2.24, 2.45) is 5.92 Å². The molecule has 0 aliphatic heterocycles. The van der Waals surface area contributed by atoms with Gasteiger partial charge in [-0.25, -0.2) is 4.79 Å². The van der Waals surface area contributed by atoms with Crippen LogP contribution in [0.5, 0.6) is 0 Å². The molecule has 3 unspecified atom stereocenters. The van der Waals surface area contributed by atoms with Crippen molar-refractivity contribution in [3.8, 4) is 0 Å². The lowest BCUT2D eigenvalue weighted by Crippen LogP contribution is -2.54. The second-order valence-corrected chi connectivity index (χ2v) is 10.8. The number of nitrogens with one attached hydrogen (secondary N) is 2. The van der Waals surface area contributed by atoms with Crippen molar-refractivity contribution in [2.45, 2.75) is 79.5 Å². The van der Waals surface area contributed by atoms with Gasteiger partial charge in [0.25, 0.3) is 5.91 Å². The average Bonchev–Trinajstić information content (AvgIpc) is 2.83. The topological polar surface area (TPSA) is 87.7 Å². The highest BCUT2D eigenvalue weighted by Crippen LogP contribution is 2.28. The van der Waals surface area contributed by atoms with Gasteiger partial charge in [-0.05, 0) is 75.8 Å². The molecule has 0 saturated heterocycles. The number of anilines is 1. The fraction of sp³-hybridized carbons (Fsp3) is 0.452. The molecule has 2 N–H and O–H groups in total. The first kappa shape index (κ1) is 30.6. The summed E-state index contributed by atoms with van der Waals surface area (Å²) in [5.74, 6) is -0.937. The largest absolute Gasteiger partial charge is 0.444 e. The predicted octanol–water partition coefficient (Wildman–Crippen LogP) is 6.25. The number of carbonyl (C=O) groups excluding carboxylic acids is 3. The van der Waals surface area contributed by atoms with Crippen LogP contribution in [0.25, 0.3) is 0 Å². The molecule has 0 aliphatic carbocycles. The number of ether oxygens (including phenoxy) is 1. The van der Waals surface area contributed by atoms with Gasteiger partial charge < -0.3 is 20.3 Å². The Morgan fingerprint density at radius 3 is 2.24 bits per heavy atom. The minimum atomic E-state index is -0.952. The van der Waals surface area contributed by atoms with Gasteiger partial charge in [-0.3, -0.25) is 9.59 Å². The molecule has 0 fully saturated rings. The van der Waals surface area contributed by atoms with Crippen LogP contribution in [0, 0.1) is 26.7 Å². The van der Waals surface area contributed by atoms with Crippen molar-refractivity contribution in [3.63, 3.8) is 0 Å². The van der Waals surface area contributed by atoms with Crippen molar-refractivity contribution >= 4 is 23.6 Å². The van der Waals surface area contributed by atoms with Crippen molar-refractivity contribution in [1.29, 1.82) is 0 Å². The van der Waals surface area contributed by atoms with E-state index in [2.05, 4.69) is 17.2 Å². The standard InChI is InChI=1S/C31H43N3O4/c1-10-18-34(29(36)26(20(3)11-2)33-30(37)38-31(7,8)9)27(24-17-16-21(4)23(6)19-24)28(35)32-25-15-13-12-14-22(25)5/h10,12-17,19-20,26-27H,1,11,18H2,2-9H3,(H,32,35)(H,33,37). The van der Waals surface area contributed by atoms with Crippen LogP contribution < -0.4 is 10.6 Å². The van der Waals surface area contributed by atoms with E-state index in [1.807, 2.05) is 77.1 Å². The summed E-state index contributed by atoms with van der Waals surface area (Å²) in [7, 11) is 0. The molecule has 0 radical (unpaired) electrons. The summed E-state index contributed by atoms with van der Waals surface area (Å²) in [6.07, 6.45) is 1.55. The van der Waals surface area contributed by atoms with Gasteiger partial charge in [-0.15, -0.1) is 6.58 Å². The molecular formula is C31H43N3O4. The fourth-order valence-electron chi connectivity index (χ4n) is 4.08. The lowest BCUT2D eigenvalue weighted by molar-refractivity contribution is -0.141. The van der Waals surface area contributed by atoms with E-state index >= 15 is 0 Å². The van der Waals surface area contributed by atoms with Gasteiger partial charge in [-0.1, -0.05) is 62.7 Å². The molecule has 38 heavy (non-hydrogen) atoms. The van der Waals surface area contributed by atoms with Gasteiger partial charge in [0, 0.05) is 12.2 Å². The van der Waals surface area contributed by atoms with Gasteiger partial charge in [0.15, 0.2) is 0 Å². The van der Waals surface area contributed by atoms with E-state index in [-0.39, 0.29) is 24.3 Å². The normalized spacial score (nSPS) is 13.6. The number of hydrogen-bond acceptors (Lipinski definition) is 4. The summed E-state index contributed by atoms with van der Waals surface area (Å²) in [4.78, 5) is 42.2. The molecule has 2 rings (SSSR count). The summed E-state index contributed by atoms with van der Waals surface area (Å²) in [6.45, 7) is 19.0. The smallest absolute Gasteiger partial charge is 0.408 e. The van der Waals surface area contributed by atoms with Gasteiger partial charge in [0.05, 0.1) is 0 Å². The molecular weight excluding hydrogens is 478 g/mol. The zero-order chi connectivity index (χ0) is 28.6. The molecule has 2 aromatic carbocycles. The van der Waals surface area contributed by atoms with Crippen LogP contribution in [0.3, 0.4) is 0 Å². The van der Waals surface area contributed by atoms with Gasteiger partial charge in [-0.2, -0.15) is 0 Å². The van der Waals surface area contributed by atoms with Crippen molar-refractivity contribution in [3.05, 3.63) is 77.4 Å². The van der Waals surface area contributed by atoms with Gasteiger partial charge in [0.2, 0.25) is 5.91 Å². The molecule has 0 heterocycles. The second kappa shape index (κ2) is 13.3. The monoisotopic (exact) mass is 521 g/mol. The first-order valence-corrected chi connectivity index (χ1v) is 13.1. The quantitative estimate of drug-likeness (QED) is 0.362. The predicted molar refractivity (Wildman–Crippen MR) is 153 cm³/mol. The molecule has 206 valence electrons. The molecule has 0 aliphatic rings. The number of hydrogen-bond donors (Lipinski definition) is 2. The molecule has 0 bridgehead atoms. The summed E-state index contributed by atoms with van der Waals surface area (Å²) in [6, 6.07) is 11.4. The maximum Gasteiger partial charge on any atom is 0.408 e. The van der Waals surface area contributed by atoms with E-state index in [1.165, 1.54) is 4.90 Å². The number of benzene rings is 2. The Morgan fingerprint density at radius 2 is 1.68 bits per heavy atom. The number of aryl methyl sites for hydroxylation is 3. The maximum atomic E-state index is 14.2. The van der Waals surface area contributed by atoms with Gasteiger partial charge >= 0.3 is 6.09 Å². The molecule has 7 nitrogen and oxygen atoms in total. The Hall–Kier alpha value is -3.61. The zero-order valence-corrected chi connectivity index (χ0v) is 24.1. The van der Waals surface area contributed by atoms with E-state index in [0.29, 0.717) is 17.7 Å². The Bertz CT molecular complexity index is 1150. The summed E-state index contributed by atoms with van der Waals surface area (Å²) < 4.78 is 5.45. The molecule has 3 atom stereocenters. The number of carbonyl (C=O) groups is 3. The average molecular weight is 522 g/mol. The number of nitrogens with zero attached hydrogens (tertiary/aromatic N) is 1. The fourth-order valence-corrected chi connectivity index (χ4v) is 4.08. The van der Waals surface area contributed by atoms with Crippen LogP contribution in [-0.2, 0) is 14.3 Å². The van der Waals surface area contributed by atoms with Crippen LogP contribution in [-0.4, -0.2) is 41.0 Å². The zero-order valence-electron chi connectivity index (χ0n) is 24.1. The highest BCUT2D eigenvalue weighted by molar-refractivity contribution is 5.99. The van der Waals surface area contributed by atoms with E-state index in [4.69, 9.17) is 4.74 Å². The highest BCUT2D eigenvalue weighted by Gasteiger charge is 2.38. The third kappa shape index (κ3) is 8.20. The van der Waals surface area contributed by atoms with Crippen LogP contribution in [0.4, 0.5) is 10.5 Å². The summed E-state index contributed by atoms with van der Waals surface area (Å²) in [5, 5.41) is 5.78. The van der Waals surface area contributed by atoms with E-state index in [0.717, 1.165) is 16.7 Å². The summed E-state index contributed by atoms with van der Waals surface area (Å²) in [5.41, 5.74) is 3.62. The summed E-state index contributed by atoms with van der Waals surface area (Å²) >= 11 is 0. The van der Waals surface area contributed by atoms with Crippen molar-refractivity contribution in [1.82, 2.24) is 10.2 Å². The van der Waals surface area contributed by atoms with E-state index in [1.54, 1.807) is 26.8 Å². The number of para-hydroxylation sites is 1. The Balaban J connectivity index is 2.57. The first-order valence-electron chi connectivity index (χ1n) is 13.1. The van der Waals surface area contributed by atoms with Crippen LogP contribution in [0.15, 0.2) is 55.1 Å². The third-order valence-electron chi connectivity index (χ3n) is 6.57. The van der Waals surface area contributed by atoms with Gasteiger partial charge in [0.1, 0.15) is 17.7 Å². The van der Waals surface area contributed by atoms with Crippen molar-refractivity contribution in [2.75, 3.05) is 11.9 Å². The number of amides is 3.